The van der Waals surface area contributed by atoms with Crippen LogP contribution in [-0.4, -0.2) is 31.3 Å². The quantitative estimate of drug-likeness (QED) is 0.858. The molecule has 1 saturated heterocycles. The van der Waals surface area contributed by atoms with Gasteiger partial charge in [0.1, 0.15) is 5.82 Å². The smallest absolute Gasteiger partial charge is 0.128 e. The highest BCUT2D eigenvalue weighted by atomic mass is 16.5. The highest BCUT2D eigenvalue weighted by Crippen LogP contribution is 2.18. The van der Waals surface area contributed by atoms with Gasteiger partial charge in [-0.25, -0.2) is 4.98 Å². The zero-order valence-corrected chi connectivity index (χ0v) is 10.6. The average Bonchev–Trinajstić information content (AvgIpc) is 2.81. The summed E-state index contributed by atoms with van der Waals surface area (Å²) in [6.45, 7) is 4.36. The van der Waals surface area contributed by atoms with Crippen molar-refractivity contribution in [3.8, 4) is 0 Å². The minimum atomic E-state index is 0.351. The molecule has 0 bridgehead atoms. The van der Waals surface area contributed by atoms with Gasteiger partial charge < -0.3 is 15.4 Å². The first kappa shape index (κ1) is 12.3. The fourth-order valence-electron chi connectivity index (χ4n) is 2.22. The summed E-state index contributed by atoms with van der Waals surface area (Å²) in [4.78, 5) is 6.69. The van der Waals surface area contributed by atoms with Crippen LogP contribution in [-0.2, 0) is 11.3 Å². The number of ether oxygens (including phenoxy) is 1. The SMILES string of the molecule is Cc1cc(CN)cc(N(C)CC2CCCO2)n1. The number of pyridine rings is 1. The first-order valence-corrected chi connectivity index (χ1v) is 6.19. The second kappa shape index (κ2) is 5.47. The van der Waals surface area contributed by atoms with Crippen molar-refractivity contribution in [3.63, 3.8) is 0 Å². The van der Waals surface area contributed by atoms with Gasteiger partial charge in [-0.2, -0.15) is 0 Å². The molecular formula is C13H21N3O. The molecule has 1 atom stereocenters. The van der Waals surface area contributed by atoms with E-state index in [1.807, 2.05) is 13.0 Å². The molecule has 1 aliphatic heterocycles. The summed E-state index contributed by atoms with van der Waals surface area (Å²) in [6, 6.07) is 4.09. The Morgan fingerprint density at radius 3 is 3.00 bits per heavy atom. The van der Waals surface area contributed by atoms with Crippen LogP contribution in [0.1, 0.15) is 24.1 Å². The van der Waals surface area contributed by atoms with Gasteiger partial charge in [0.2, 0.25) is 0 Å². The van der Waals surface area contributed by atoms with Crippen LogP contribution in [0.15, 0.2) is 12.1 Å². The highest BCUT2D eigenvalue weighted by molar-refractivity contribution is 5.42. The molecule has 2 rings (SSSR count). The lowest BCUT2D eigenvalue weighted by Gasteiger charge is -2.22. The second-order valence-electron chi connectivity index (χ2n) is 4.69. The Balaban J connectivity index is 2.06. The van der Waals surface area contributed by atoms with Crippen molar-refractivity contribution in [3.05, 3.63) is 23.4 Å². The molecule has 1 fully saturated rings. The predicted molar refractivity (Wildman–Crippen MR) is 69.1 cm³/mol. The molecule has 0 radical (unpaired) electrons. The maximum atomic E-state index is 5.68. The summed E-state index contributed by atoms with van der Waals surface area (Å²) < 4.78 is 5.64. The van der Waals surface area contributed by atoms with Gasteiger partial charge in [-0.15, -0.1) is 0 Å². The Labute approximate surface area is 103 Å². The second-order valence-corrected chi connectivity index (χ2v) is 4.69. The van der Waals surface area contributed by atoms with Crippen molar-refractivity contribution >= 4 is 5.82 Å². The van der Waals surface area contributed by atoms with Crippen LogP contribution in [0.5, 0.6) is 0 Å². The fraction of sp³-hybridized carbons (Fsp3) is 0.615. The first-order chi connectivity index (χ1) is 8.19. The Kier molecular flexibility index (Phi) is 3.97. The Bertz CT molecular complexity index is 375. The topological polar surface area (TPSA) is 51.4 Å². The van der Waals surface area contributed by atoms with Crippen LogP contribution >= 0.6 is 0 Å². The molecular weight excluding hydrogens is 214 g/mol. The third-order valence-corrected chi connectivity index (χ3v) is 3.13. The van der Waals surface area contributed by atoms with E-state index in [0.29, 0.717) is 12.6 Å². The lowest BCUT2D eigenvalue weighted by Crippen LogP contribution is -2.29. The number of likely N-dealkylation sites (N-methyl/N-ethyl adjacent to an activating group) is 1. The van der Waals surface area contributed by atoms with Gasteiger partial charge in [0.05, 0.1) is 6.10 Å². The van der Waals surface area contributed by atoms with Gasteiger partial charge in [0.25, 0.3) is 0 Å². The summed E-state index contributed by atoms with van der Waals surface area (Å²) >= 11 is 0. The summed E-state index contributed by atoms with van der Waals surface area (Å²) in [5.41, 5.74) is 7.83. The van der Waals surface area contributed by atoms with Gasteiger partial charge in [0.15, 0.2) is 0 Å². The molecule has 0 saturated carbocycles. The van der Waals surface area contributed by atoms with E-state index < -0.39 is 0 Å². The fourth-order valence-corrected chi connectivity index (χ4v) is 2.22. The van der Waals surface area contributed by atoms with E-state index in [0.717, 1.165) is 36.6 Å². The molecule has 2 heterocycles. The molecule has 0 spiro atoms. The number of anilines is 1. The Morgan fingerprint density at radius 1 is 1.53 bits per heavy atom. The van der Waals surface area contributed by atoms with Crippen LogP contribution < -0.4 is 10.6 Å². The molecule has 0 aliphatic carbocycles. The number of aromatic nitrogens is 1. The molecule has 0 aromatic carbocycles. The van der Waals surface area contributed by atoms with Crippen LogP contribution in [0.4, 0.5) is 5.82 Å². The number of aryl methyl sites for hydroxylation is 1. The number of hydrogen-bond donors (Lipinski definition) is 1. The molecule has 94 valence electrons. The minimum Gasteiger partial charge on any atom is -0.376 e. The van der Waals surface area contributed by atoms with Gasteiger partial charge in [0, 0.05) is 32.4 Å². The summed E-state index contributed by atoms with van der Waals surface area (Å²) in [6.07, 6.45) is 2.68. The molecule has 17 heavy (non-hydrogen) atoms. The Morgan fingerprint density at radius 2 is 2.35 bits per heavy atom. The van der Waals surface area contributed by atoms with Gasteiger partial charge in [-0.3, -0.25) is 0 Å². The minimum absolute atomic E-state index is 0.351. The van der Waals surface area contributed by atoms with E-state index in [9.17, 15) is 0 Å². The molecule has 0 amide bonds. The monoisotopic (exact) mass is 235 g/mol. The van der Waals surface area contributed by atoms with Crippen molar-refractivity contribution in [1.82, 2.24) is 4.98 Å². The molecule has 2 N–H and O–H groups in total. The largest absolute Gasteiger partial charge is 0.376 e. The normalized spacial score (nSPS) is 19.6. The van der Waals surface area contributed by atoms with E-state index in [1.165, 1.54) is 6.42 Å². The van der Waals surface area contributed by atoms with Crippen LogP contribution in [0.3, 0.4) is 0 Å². The zero-order valence-electron chi connectivity index (χ0n) is 10.6. The van der Waals surface area contributed by atoms with Crippen molar-refractivity contribution < 1.29 is 4.74 Å². The van der Waals surface area contributed by atoms with E-state index in [1.54, 1.807) is 0 Å². The van der Waals surface area contributed by atoms with Crippen LogP contribution in [0.25, 0.3) is 0 Å². The molecule has 1 aromatic heterocycles. The standard InChI is InChI=1S/C13H21N3O/c1-10-6-11(8-14)7-13(15-10)16(2)9-12-4-3-5-17-12/h6-7,12H,3-5,8-9,14H2,1-2H3. The van der Waals surface area contributed by atoms with Crippen LogP contribution in [0.2, 0.25) is 0 Å². The average molecular weight is 235 g/mol. The lowest BCUT2D eigenvalue weighted by molar-refractivity contribution is 0.116. The van der Waals surface area contributed by atoms with Gasteiger partial charge in [-0.05, 0) is 37.5 Å². The summed E-state index contributed by atoms with van der Waals surface area (Å²) in [5.74, 6) is 0.987. The maximum Gasteiger partial charge on any atom is 0.128 e. The number of rotatable bonds is 4. The number of hydrogen-bond acceptors (Lipinski definition) is 4. The Hall–Kier alpha value is -1.13. The third-order valence-electron chi connectivity index (χ3n) is 3.13. The van der Waals surface area contributed by atoms with Gasteiger partial charge >= 0.3 is 0 Å². The van der Waals surface area contributed by atoms with Crippen molar-refractivity contribution in [2.75, 3.05) is 25.1 Å². The lowest BCUT2D eigenvalue weighted by atomic mass is 10.2. The molecule has 4 nitrogen and oxygen atoms in total. The molecule has 1 aromatic rings. The number of nitrogens with two attached hydrogens (primary N) is 1. The molecule has 1 aliphatic rings. The van der Waals surface area contributed by atoms with E-state index in [4.69, 9.17) is 10.5 Å². The first-order valence-electron chi connectivity index (χ1n) is 6.19. The summed E-state index contributed by atoms with van der Waals surface area (Å²) in [7, 11) is 2.06. The van der Waals surface area contributed by atoms with Crippen molar-refractivity contribution in [1.29, 1.82) is 0 Å². The van der Waals surface area contributed by atoms with Crippen molar-refractivity contribution in [2.24, 2.45) is 5.73 Å². The van der Waals surface area contributed by atoms with E-state index in [2.05, 4.69) is 23.0 Å². The molecule has 4 heteroatoms. The molecule has 1 unspecified atom stereocenters. The van der Waals surface area contributed by atoms with Crippen LogP contribution in [0, 0.1) is 6.92 Å². The zero-order chi connectivity index (χ0) is 12.3. The predicted octanol–water partition coefficient (Wildman–Crippen LogP) is 1.46. The third kappa shape index (κ3) is 3.17. The number of nitrogens with zero attached hydrogens (tertiary/aromatic N) is 2. The van der Waals surface area contributed by atoms with Crippen molar-refractivity contribution in [2.45, 2.75) is 32.4 Å². The maximum absolute atomic E-state index is 5.68. The van der Waals surface area contributed by atoms with E-state index >= 15 is 0 Å². The van der Waals surface area contributed by atoms with E-state index in [-0.39, 0.29) is 0 Å². The highest BCUT2D eigenvalue weighted by Gasteiger charge is 2.18. The summed E-state index contributed by atoms with van der Waals surface area (Å²) in [5, 5.41) is 0. The van der Waals surface area contributed by atoms with Gasteiger partial charge in [-0.1, -0.05) is 0 Å².